The first-order valence-electron chi connectivity index (χ1n) is 8.68. The SMILES string of the molecule is C=CC[n+]1ccc(-c2cc3ccc(N4CCCC4)cc3oc2=O)cc1. The molecular weight excluding hydrogens is 312 g/mol. The molecule has 0 atom stereocenters. The summed E-state index contributed by atoms with van der Waals surface area (Å²) < 4.78 is 7.62. The maximum Gasteiger partial charge on any atom is 0.344 e. The number of fused-ring (bicyclic) bond motifs is 1. The molecule has 2 aromatic heterocycles. The van der Waals surface area contributed by atoms with Crippen LogP contribution in [0.2, 0.25) is 0 Å². The van der Waals surface area contributed by atoms with Gasteiger partial charge in [-0.05, 0) is 37.1 Å². The zero-order chi connectivity index (χ0) is 17.2. The van der Waals surface area contributed by atoms with E-state index < -0.39 is 0 Å². The third-order valence-corrected chi connectivity index (χ3v) is 4.73. The van der Waals surface area contributed by atoms with E-state index in [1.165, 1.54) is 12.8 Å². The van der Waals surface area contributed by atoms with E-state index in [1.807, 2.05) is 53.4 Å². The molecule has 3 aromatic rings. The lowest BCUT2D eigenvalue weighted by molar-refractivity contribution is -0.686. The van der Waals surface area contributed by atoms with Crippen LogP contribution in [0.25, 0.3) is 22.1 Å². The van der Waals surface area contributed by atoms with Crippen molar-refractivity contribution in [1.29, 1.82) is 0 Å². The van der Waals surface area contributed by atoms with Gasteiger partial charge >= 0.3 is 5.63 Å². The standard InChI is InChI=1S/C21H21N2O2/c1-2-9-22-12-7-16(8-13-22)19-14-17-5-6-18(23-10-3-4-11-23)15-20(17)25-21(19)24/h2,5-8,12-15H,1,3-4,9-11H2/q+1. The molecule has 1 saturated heterocycles. The summed E-state index contributed by atoms with van der Waals surface area (Å²) in [6.45, 7) is 6.62. The van der Waals surface area contributed by atoms with E-state index in [0.29, 0.717) is 11.1 Å². The molecule has 1 aromatic carbocycles. The molecule has 0 amide bonds. The van der Waals surface area contributed by atoms with Crippen molar-refractivity contribution in [2.24, 2.45) is 0 Å². The van der Waals surface area contributed by atoms with Gasteiger partial charge in [-0.25, -0.2) is 9.36 Å². The van der Waals surface area contributed by atoms with Gasteiger partial charge in [-0.2, -0.15) is 0 Å². The summed E-state index contributed by atoms with van der Waals surface area (Å²) in [6, 6.07) is 11.9. The van der Waals surface area contributed by atoms with Crippen LogP contribution in [-0.2, 0) is 6.54 Å². The van der Waals surface area contributed by atoms with Crippen LogP contribution in [0.5, 0.6) is 0 Å². The molecule has 3 heterocycles. The fraction of sp³-hybridized carbons (Fsp3) is 0.238. The highest BCUT2D eigenvalue weighted by atomic mass is 16.4. The number of hydrogen-bond acceptors (Lipinski definition) is 3. The van der Waals surface area contributed by atoms with Crippen molar-refractivity contribution in [2.45, 2.75) is 19.4 Å². The van der Waals surface area contributed by atoms with Gasteiger partial charge in [-0.15, -0.1) is 0 Å². The minimum atomic E-state index is -0.299. The smallest absolute Gasteiger partial charge is 0.344 e. The van der Waals surface area contributed by atoms with Crippen molar-refractivity contribution in [2.75, 3.05) is 18.0 Å². The van der Waals surface area contributed by atoms with Crippen molar-refractivity contribution < 1.29 is 8.98 Å². The first-order chi connectivity index (χ1) is 12.2. The highest BCUT2D eigenvalue weighted by molar-refractivity contribution is 5.84. The van der Waals surface area contributed by atoms with E-state index in [9.17, 15) is 4.79 Å². The van der Waals surface area contributed by atoms with Gasteiger partial charge in [0, 0.05) is 47.9 Å². The Morgan fingerprint density at radius 2 is 1.88 bits per heavy atom. The third kappa shape index (κ3) is 3.07. The fourth-order valence-electron chi connectivity index (χ4n) is 3.38. The lowest BCUT2D eigenvalue weighted by Gasteiger charge is -2.17. The summed E-state index contributed by atoms with van der Waals surface area (Å²) in [5.41, 5.74) is 2.93. The predicted octanol–water partition coefficient (Wildman–Crippen LogP) is 3.53. The first kappa shape index (κ1) is 15.6. The van der Waals surface area contributed by atoms with Crippen molar-refractivity contribution in [3.05, 3.63) is 71.9 Å². The maximum atomic E-state index is 12.5. The molecule has 0 spiro atoms. The molecule has 1 aliphatic rings. The molecule has 4 rings (SSSR count). The number of anilines is 1. The lowest BCUT2D eigenvalue weighted by Crippen LogP contribution is -2.31. The number of benzene rings is 1. The Hall–Kier alpha value is -2.88. The Bertz CT molecular complexity index is 967. The molecule has 25 heavy (non-hydrogen) atoms. The Labute approximate surface area is 146 Å². The minimum Gasteiger partial charge on any atom is -0.422 e. The van der Waals surface area contributed by atoms with E-state index in [2.05, 4.69) is 17.5 Å². The number of pyridine rings is 1. The molecular formula is C21H21N2O2+. The Kier molecular flexibility index (Phi) is 4.10. The number of nitrogens with zero attached hydrogens (tertiary/aromatic N) is 2. The summed E-state index contributed by atoms with van der Waals surface area (Å²) >= 11 is 0. The average Bonchev–Trinajstić information content (AvgIpc) is 3.16. The fourth-order valence-corrected chi connectivity index (χ4v) is 3.38. The van der Waals surface area contributed by atoms with Crippen LogP contribution in [-0.4, -0.2) is 13.1 Å². The van der Waals surface area contributed by atoms with Crippen LogP contribution in [0, 0.1) is 0 Å². The molecule has 0 radical (unpaired) electrons. The quantitative estimate of drug-likeness (QED) is 0.416. The average molecular weight is 333 g/mol. The molecule has 4 heteroatoms. The second kappa shape index (κ2) is 6.55. The highest BCUT2D eigenvalue weighted by Crippen LogP contribution is 2.26. The van der Waals surface area contributed by atoms with Crippen molar-refractivity contribution in [1.82, 2.24) is 0 Å². The molecule has 0 aliphatic carbocycles. The largest absolute Gasteiger partial charge is 0.422 e. The second-order valence-corrected chi connectivity index (χ2v) is 6.44. The third-order valence-electron chi connectivity index (χ3n) is 4.73. The van der Waals surface area contributed by atoms with Gasteiger partial charge in [0.05, 0.1) is 5.56 Å². The normalized spacial score (nSPS) is 14.2. The second-order valence-electron chi connectivity index (χ2n) is 6.44. The summed E-state index contributed by atoms with van der Waals surface area (Å²) in [6.07, 6.45) is 8.16. The topological polar surface area (TPSA) is 37.3 Å². The van der Waals surface area contributed by atoms with Crippen LogP contribution in [0.15, 0.2) is 70.7 Å². The Morgan fingerprint density at radius 3 is 2.60 bits per heavy atom. The molecule has 1 aliphatic heterocycles. The summed E-state index contributed by atoms with van der Waals surface area (Å²) in [5, 5.41) is 0.945. The molecule has 1 fully saturated rings. The number of allylic oxidation sites excluding steroid dienone is 1. The molecule has 0 bridgehead atoms. The van der Waals surface area contributed by atoms with Crippen molar-refractivity contribution >= 4 is 16.7 Å². The van der Waals surface area contributed by atoms with Gasteiger partial charge in [-0.3, -0.25) is 0 Å². The van der Waals surface area contributed by atoms with E-state index >= 15 is 0 Å². The van der Waals surface area contributed by atoms with Crippen molar-refractivity contribution in [3.8, 4) is 11.1 Å². The predicted molar refractivity (Wildman–Crippen MR) is 99.8 cm³/mol. The van der Waals surface area contributed by atoms with Crippen LogP contribution in [0.1, 0.15) is 12.8 Å². The monoisotopic (exact) mass is 333 g/mol. The highest BCUT2D eigenvalue weighted by Gasteiger charge is 2.14. The van der Waals surface area contributed by atoms with Gasteiger partial charge < -0.3 is 9.32 Å². The number of aromatic nitrogens is 1. The molecule has 4 nitrogen and oxygen atoms in total. The summed E-state index contributed by atoms with van der Waals surface area (Å²) in [5.74, 6) is 0. The van der Waals surface area contributed by atoms with E-state index in [4.69, 9.17) is 4.42 Å². The molecule has 0 saturated carbocycles. The minimum absolute atomic E-state index is 0.299. The van der Waals surface area contributed by atoms with Crippen LogP contribution < -0.4 is 15.1 Å². The van der Waals surface area contributed by atoms with Gasteiger partial charge in [0.25, 0.3) is 0 Å². The van der Waals surface area contributed by atoms with Crippen LogP contribution >= 0.6 is 0 Å². The van der Waals surface area contributed by atoms with Gasteiger partial charge in [0.15, 0.2) is 18.9 Å². The van der Waals surface area contributed by atoms with Gasteiger partial charge in [-0.1, -0.05) is 6.58 Å². The lowest BCUT2D eigenvalue weighted by atomic mass is 10.1. The number of hydrogen-bond donors (Lipinski definition) is 0. The van der Waals surface area contributed by atoms with Crippen molar-refractivity contribution in [3.63, 3.8) is 0 Å². The maximum absolute atomic E-state index is 12.5. The Morgan fingerprint density at radius 1 is 1.12 bits per heavy atom. The van der Waals surface area contributed by atoms with E-state index in [0.717, 1.165) is 36.3 Å². The molecule has 0 unspecified atom stereocenters. The number of rotatable bonds is 4. The van der Waals surface area contributed by atoms with E-state index in [1.54, 1.807) is 0 Å². The zero-order valence-corrected chi connectivity index (χ0v) is 14.1. The zero-order valence-electron chi connectivity index (χ0n) is 14.1. The van der Waals surface area contributed by atoms with Gasteiger partial charge in [0.1, 0.15) is 5.58 Å². The summed E-state index contributed by atoms with van der Waals surface area (Å²) in [4.78, 5) is 14.8. The van der Waals surface area contributed by atoms with E-state index in [-0.39, 0.29) is 5.63 Å². The van der Waals surface area contributed by atoms with Gasteiger partial charge in [0.2, 0.25) is 0 Å². The van der Waals surface area contributed by atoms with Crippen LogP contribution in [0.3, 0.4) is 0 Å². The molecule has 0 N–H and O–H groups in total. The van der Waals surface area contributed by atoms with Crippen LogP contribution in [0.4, 0.5) is 5.69 Å². The molecule has 126 valence electrons. The Balaban J connectivity index is 1.72. The first-order valence-corrected chi connectivity index (χ1v) is 8.68. The summed E-state index contributed by atoms with van der Waals surface area (Å²) in [7, 11) is 0.